The summed E-state index contributed by atoms with van der Waals surface area (Å²) >= 11 is 0. The van der Waals surface area contributed by atoms with E-state index in [1.165, 1.54) is 30.2 Å². The van der Waals surface area contributed by atoms with E-state index < -0.39 is 0 Å². The van der Waals surface area contributed by atoms with Gasteiger partial charge in [0.05, 0.1) is 12.1 Å². The SMILES string of the molecule is C=CCCCCCn1ccc2c(OCC)cccc21. The first kappa shape index (κ1) is 13.7. The Hall–Kier alpha value is -1.70. The lowest BCUT2D eigenvalue weighted by atomic mass is 10.2. The van der Waals surface area contributed by atoms with E-state index in [1.54, 1.807) is 0 Å². The van der Waals surface area contributed by atoms with Crippen molar-refractivity contribution >= 4 is 10.9 Å². The summed E-state index contributed by atoms with van der Waals surface area (Å²) in [6, 6.07) is 8.44. The van der Waals surface area contributed by atoms with E-state index >= 15 is 0 Å². The molecule has 0 N–H and O–H groups in total. The van der Waals surface area contributed by atoms with E-state index in [2.05, 4.69) is 35.5 Å². The molecule has 0 aliphatic carbocycles. The fourth-order valence-corrected chi connectivity index (χ4v) is 2.42. The average Bonchev–Trinajstić information content (AvgIpc) is 2.83. The Morgan fingerprint density at radius 2 is 2.11 bits per heavy atom. The average molecular weight is 257 g/mol. The summed E-state index contributed by atoms with van der Waals surface area (Å²) in [6.45, 7) is 7.57. The molecule has 102 valence electrons. The van der Waals surface area contributed by atoms with Crippen molar-refractivity contribution in [1.82, 2.24) is 4.57 Å². The number of ether oxygens (including phenoxy) is 1. The maximum atomic E-state index is 5.67. The lowest BCUT2D eigenvalue weighted by Gasteiger charge is -2.07. The van der Waals surface area contributed by atoms with Crippen molar-refractivity contribution in [2.75, 3.05) is 6.61 Å². The normalized spacial score (nSPS) is 10.8. The fourth-order valence-electron chi connectivity index (χ4n) is 2.42. The minimum absolute atomic E-state index is 0.714. The van der Waals surface area contributed by atoms with Crippen molar-refractivity contribution in [2.24, 2.45) is 0 Å². The number of rotatable bonds is 8. The molecule has 0 fully saturated rings. The summed E-state index contributed by atoms with van der Waals surface area (Å²) in [4.78, 5) is 0. The Balaban J connectivity index is 2.03. The van der Waals surface area contributed by atoms with E-state index in [-0.39, 0.29) is 0 Å². The summed E-state index contributed by atoms with van der Waals surface area (Å²) < 4.78 is 7.99. The molecular weight excluding hydrogens is 234 g/mol. The molecule has 1 aromatic carbocycles. The Bertz CT molecular complexity index is 527. The number of hydrogen-bond acceptors (Lipinski definition) is 1. The van der Waals surface area contributed by atoms with Gasteiger partial charge in [0, 0.05) is 18.1 Å². The van der Waals surface area contributed by atoms with Gasteiger partial charge in [-0.3, -0.25) is 0 Å². The molecule has 2 rings (SSSR count). The maximum Gasteiger partial charge on any atom is 0.128 e. The topological polar surface area (TPSA) is 14.2 Å². The molecule has 2 aromatic rings. The molecule has 1 heterocycles. The van der Waals surface area contributed by atoms with Crippen molar-refractivity contribution in [3.63, 3.8) is 0 Å². The molecule has 0 spiro atoms. The van der Waals surface area contributed by atoms with Crippen LogP contribution in [0.1, 0.15) is 32.6 Å². The number of aromatic nitrogens is 1. The van der Waals surface area contributed by atoms with Crippen LogP contribution in [0.5, 0.6) is 5.75 Å². The highest BCUT2D eigenvalue weighted by Gasteiger charge is 2.05. The fraction of sp³-hybridized carbons (Fsp3) is 0.412. The zero-order valence-electron chi connectivity index (χ0n) is 11.8. The third kappa shape index (κ3) is 3.40. The van der Waals surface area contributed by atoms with E-state index in [9.17, 15) is 0 Å². The Labute approximate surface area is 115 Å². The maximum absolute atomic E-state index is 5.67. The highest BCUT2D eigenvalue weighted by molar-refractivity contribution is 5.86. The molecule has 1 aromatic heterocycles. The van der Waals surface area contributed by atoms with Gasteiger partial charge in [0.2, 0.25) is 0 Å². The van der Waals surface area contributed by atoms with Gasteiger partial charge in [0.1, 0.15) is 5.75 Å². The highest BCUT2D eigenvalue weighted by atomic mass is 16.5. The summed E-state index contributed by atoms with van der Waals surface area (Å²) in [5.74, 6) is 0.991. The first-order valence-corrected chi connectivity index (χ1v) is 7.18. The minimum atomic E-state index is 0.714. The van der Waals surface area contributed by atoms with Crippen molar-refractivity contribution in [3.05, 3.63) is 43.1 Å². The zero-order valence-corrected chi connectivity index (χ0v) is 11.8. The zero-order chi connectivity index (χ0) is 13.5. The molecule has 0 saturated carbocycles. The molecule has 0 amide bonds. The van der Waals surface area contributed by atoms with Gasteiger partial charge in [0.25, 0.3) is 0 Å². The van der Waals surface area contributed by atoms with E-state index in [4.69, 9.17) is 4.74 Å². The number of aryl methyl sites for hydroxylation is 1. The molecule has 0 unspecified atom stereocenters. The largest absolute Gasteiger partial charge is 0.493 e. The second kappa shape index (κ2) is 7.03. The molecule has 0 bridgehead atoms. The number of unbranched alkanes of at least 4 members (excludes halogenated alkanes) is 3. The monoisotopic (exact) mass is 257 g/mol. The van der Waals surface area contributed by atoms with Gasteiger partial charge >= 0.3 is 0 Å². The highest BCUT2D eigenvalue weighted by Crippen LogP contribution is 2.26. The van der Waals surface area contributed by atoms with Crippen LogP contribution in [-0.4, -0.2) is 11.2 Å². The molecule has 0 saturated heterocycles. The second-order valence-corrected chi connectivity index (χ2v) is 4.77. The van der Waals surface area contributed by atoms with Crippen LogP contribution < -0.4 is 4.74 Å². The smallest absolute Gasteiger partial charge is 0.128 e. The quantitative estimate of drug-likeness (QED) is 0.490. The number of allylic oxidation sites excluding steroid dienone is 1. The lowest BCUT2D eigenvalue weighted by molar-refractivity contribution is 0.344. The van der Waals surface area contributed by atoms with Crippen molar-refractivity contribution < 1.29 is 4.74 Å². The minimum Gasteiger partial charge on any atom is -0.493 e. The number of fused-ring (bicyclic) bond motifs is 1. The Morgan fingerprint density at radius 3 is 2.89 bits per heavy atom. The number of hydrogen-bond donors (Lipinski definition) is 0. The van der Waals surface area contributed by atoms with Gasteiger partial charge in [0.15, 0.2) is 0 Å². The lowest BCUT2D eigenvalue weighted by Crippen LogP contribution is -1.96. The van der Waals surface area contributed by atoms with Crippen LogP contribution in [-0.2, 0) is 6.54 Å². The van der Waals surface area contributed by atoms with Crippen LogP contribution in [0.2, 0.25) is 0 Å². The molecule has 0 aliphatic heterocycles. The predicted octanol–water partition coefficient (Wildman–Crippen LogP) is 4.79. The summed E-state index contributed by atoms with van der Waals surface area (Å²) in [6.07, 6.45) is 9.02. The van der Waals surface area contributed by atoms with Gasteiger partial charge in [-0.25, -0.2) is 0 Å². The summed E-state index contributed by atoms with van der Waals surface area (Å²) in [5, 5.41) is 1.22. The van der Waals surface area contributed by atoms with Gasteiger partial charge in [-0.05, 0) is 44.4 Å². The molecule has 0 radical (unpaired) electrons. The van der Waals surface area contributed by atoms with Crippen molar-refractivity contribution in [2.45, 2.75) is 39.2 Å². The predicted molar refractivity (Wildman–Crippen MR) is 81.8 cm³/mol. The Kier molecular flexibility index (Phi) is 5.08. The van der Waals surface area contributed by atoms with Crippen LogP contribution in [0, 0.1) is 0 Å². The van der Waals surface area contributed by atoms with Crippen molar-refractivity contribution in [3.8, 4) is 5.75 Å². The van der Waals surface area contributed by atoms with Crippen LogP contribution >= 0.6 is 0 Å². The van der Waals surface area contributed by atoms with Gasteiger partial charge < -0.3 is 9.30 Å². The first-order valence-electron chi connectivity index (χ1n) is 7.18. The van der Waals surface area contributed by atoms with Gasteiger partial charge in [-0.1, -0.05) is 18.6 Å². The molecule has 2 heteroatoms. The third-order valence-corrected chi connectivity index (χ3v) is 3.38. The standard InChI is InChI=1S/C17H23NO/c1-3-5-6-7-8-13-18-14-12-15-16(18)10-9-11-17(15)19-4-2/h3,9-12,14H,1,4-8,13H2,2H3. The van der Waals surface area contributed by atoms with E-state index in [1.807, 2.05) is 19.1 Å². The Morgan fingerprint density at radius 1 is 1.21 bits per heavy atom. The molecule has 19 heavy (non-hydrogen) atoms. The van der Waals surface area contributed by atoms with Crippen molar-refractivity contribution in [1.29, 1.82) is 0 Å². The second-order valence-electron chi connectivity index (χ2n) is 4.77. The summed E-state index contributed by atoms with van der Waals surface area (Å²) in [5.41, 5.74) is 1.27. The number of nitrogens with zero attached hydrogens (tertiary/aromatic N) is 1. The first-order chi connectivity index (χ1) is 9.36. The molecular formula is C17H23NO. The molecule has 2 nitrogen and oxygen atoms in total. The van der Waals surface area contributed by atoms with Crippen LogP contribution in [0.15, 0.2) is 43.1 Å². The molecule has 0 atom stereocenters. The third-order valence-electron chi connectivity index (χ3n) is 3.38. The van der Waals surface area contributed by atoms with Crippen LogP contribution in [0.3, 0.4) is 0 Å². The molecule has 0 aliphatic rings. The number of benzene rings is 1. The van der Waals surface area contributed by atoms with Crippen LogP contribution in [0.4, 0.5) is 0 Å². The van der Waals surface area contributed by atoms with Gasteiger partial charge in [-0.15, -0.1) is 6.58 Å². The van der Waals surface area contributed by atoms with Crippen LogP contribution in [0.25, 0.3) is 10.9 Å². The van der Waals surface area contributed by atoms with E-state index in [0.717, 1.165) is 18.7 Å². The van der Waals surface area contributed by atoms with Gasteiger partial charge in [-0.2, -0.15) is 0 Å². The van der Waals surface area contributed by atoms with E-state index in [0.29, 0.717) is 6.61 Å². The summed E-state index contributed by atoms with van der Waals surface area (Å²) in [7, 11) is 0.